The first-order valence-corrected chi connectivity index (χ1v) is 13.2. The lowest BCUT2D eigenvalue weighted by molar-refractivity contribution is -0.135. The molecule has 1 N–H and O–H groups in total. The number of rotatable bonds is 3. The standard InChI is InChI=1S/C27H35N5O4/c33-25-21-18-20(26(34)31-15-13-30(14-16-31)24-9-3-5-10-28-24)19-22(21)32(12-6-2-1-4-11-29-25)27(35)23-8-7-17-36-23/h3,5,7-10,17,20-22H,1-2,4,6,11-16,18-19H2,(H,29,33)/t20-,21-,22+/m1/s1. The Balaban J connectivity index is 1.30. The number of fused-ring (bicyclic) bond motifs is 1. The van der Waals surface area contributed by atoms with Crippen molar-refractivity contribution in [3.05, 3.63) is 48.6 Å². The summed E-state index contributed by atoms with van der Waals surface area (Å²) in [6.07, 6.45) is 8.07. The molecule has 0 aromatic carbocycles. The molecule has 9 heteroatoms. The van der Waals surface area contributed by atoms with Gasteiger partial charge in [-0.2, -0.15) is 0 Å². The van der Waals surface area contributed by atoms with Crippen LogP contribution in [-0.2, 0) is 9.59 Å². The summed E-state index contributed by atoms with van der Waals surface area (Å²) < 4.78 is 5.42. The fourth-order valence-electron chi connectivity index (χ4n) is 5.86. The molecule has 192 valence electrons. The first-order valence-electron chi connectivity index (χ1n) is 13.2. The maximum absolute atomic E-state index is 13.6. The molecule has 0 bridgehead atoms. The molecule has 3 atom stereocenters. The van der Waals surface area contributed by atoms with Gasteiger partial charge in [-0.15, -0.1) is 0 Å². The Kier molecular flexibility index (Phi) is 7.53. The van der Waals surface area contributed by atoms with E-state index in [-0.39, 0.29) is 35.4 Å². The van der Waals surface area contributed by atoms with Gasteiger partial charge in [0.2, 0.25) is 11.8 Å². The van der Waals surface area contributed by atoms with Gasteiger partial charge in [-0.3, -0.25) is 14.4 Å². The Morgan fingerprint density at radius 1 is 0.944 bits per heavy atom. The highest BCUT2D eigenvalue weighted by Crippen LogP contribution is 2.37. The average molecular weight is 494 g/mol. The van der Waals surface area contributed by atoms with Crippen LogP contribution in [0.1, 0.15) is 49.1 Å². The topological polar surface area (TPSA) is 99.0 Å². The summed E-state index contributed by atoms with van der Waals surface area (Å²) in [5.74, 6) is 0.384. The molecule has 2 aliphatic heterocycles. The zero-order valence-electron chi connectivity index (χ0n) is 20.7. The Bertz CT molecular complexity index is 1040. The smallest absolute Gasteiger partial charge is 0.289 e. The van der Waals surface area contributed by atoms with E-state index < -0.39 is 5.92 Å². The maximum Gasteiger partial charge on any atom is 0.289 e. The molecule has 5 rings (SSSR count). The Hall–Kier alpha value is -3.36. The Morgan fingerprint density at radius 2 is 1.78 bits per heavy atom. The number of carbonyl (C=O) groups excluding carboxylic acids is 3. The number of carbonyl (C=O) groups is 3. The number of pyridine rings is 1. The quantitative estimate of drug-likeness (QED) is 0.706. The van der Waals surface area contributed by atoms with Crippen molar-refractivity contribution in [2.75, 3.05) is 44.2 Å². The summed E-state index contributed by atoms with van der Waals surface area (Å²) in [6.45, 7) is 3.92. The van der Waals surface area contributed by atoms with Gasteiger partial charge in [0.25, 0.3) is 5.91 Å². The van der Waals surface area contributed by atoms with Gasteiger partial charge in [-0.1, -0.05) is 18.9 Å². The van der Waals surface area contributed by atoms with Crippen LogP contribution < -0.4 is 10.2 Å². The van der Waals surface area contributed by atoms with E-state index in [1.165, 1.54) is 6.26 Å². The van der Waals surface area contributed by atoms with Gasteiger partial charge in [0, 0.05) is 57.4 Å². The number of amides is 3. The fraction of sp³-hybridized carbons (Fsp3) is 0.556. The summed E-state index contributed by atoms with van der Waals surface area (Å²) in [7, 11) is 0. The van der Waals surface area contributed by atoms with E-state index in [0.29, 0.717) is 39.0 Å². The lowest BCUT2D eigenvalue weighted by atomic mass is 9.99. The summed E-state index contributed by atoms with van der Waals surface area (Å²) in [4.78, 5) is 50.6. The van der Waals surface area contributed by atoms with Gasteiger partial charge in [-0.25, -0.2) is 4.98 Å². The highest BCUT2D eigenvalue weighted by molar-refractivity contribution is 5.93. The molecule has 0 spiro atoms. The van der Waals surface area contributed by atoms with Crippen LogP contribution in [0.15, 0.2) is 47.2 Å². The lowest BCUT2D eigenvalue weighted by Crippen LogP contribution is -2.50. The van der Waals surface area contributed by atoms with E-state index in [1.807, 2.05) is 23.1 Å². The molecule has 3 amide bonds. The number of anilines is 1. The second-order valence-corrected chi connectivity index (χ2v) is 10.0. The number of aromatic nitrogens is 1. The monoisotopic (exact) mass is 493 g/mol. The van der Waals surface area contributed by atoms with Crippen molar-refractivity contribution in [2.24, 2.45) is 11.8 Å². The summed E-state index contributed by atoms with van der Waals surface area (Å²) in [5.41, 5.74) is 0. The van der Waals surface area contributed by atoms with Gasteiger partial charge >= 0.3 is 0 Å². The molecule has 0 unspecified atom stereocenters. The molecule has 2 aromatic rings. The summed E-state index contributed by atoms with van der Waals surface area (Å²) in [5, 5.41) is 3.07. The largest absolute Gasteiger partial charge is 0.459 e. The van der Waals surface area contributed by atoms with Crippen LogP contribution in [0.4, 0.5) is 5.82 Å². The SMILES string of the molecule is O=C1NCCCCCCN(C(=O)c2ccco2)[C@H]2C[C@H](C(=O)N3CCN(c4ccccn4)CC3)C[C@@H]12. The Morgan fingerprint density at radius 3 is 2.53 bits per heavy atom. The van der Waals surface area contributed by atoms with Gasteiger partial charge < -0.3 is 24.4 Å². The van der Waals surface area contributed by atoms with Crippen molar-refractivity contribution >= 4 is 23.5 Å². The maximum atomic E-state index is 13.6. The minimum absolute atomic E-state index is 0.0468. The third-order valence-corrected chi connectivity index (χ3v) is 7.80. The van der Waals surface area contributed by atoms with Crippen LogP contribution in [0, 0.1) is 11.8 Å². The van der Waals surface area contributed by atoms with Gasteiger partial charge in [0.15, 0.2) is 5.76 Å². The Labute approximate surface area is 211 Å². The molecule has 2 saturated heterocycles. The molecular formula is C27H35N5O4. The van der Waals surface area contributed by atoms with E-state index >= 15 is 0 Å². The molecule has 36 heavy (non-hydrogen) atoms. The van der Waals surface area contributed by atoms with Gasteiger partial charge in [0.1, 0.15) is 5.82 Å². The van der Waals surface area contributed by atoms with Crippen molar-refractivity contribution in [1.82, 2.24) is 20.1 Å². The number of furan rings is 1. The molecule has 1 saturated carbocycles. The summed E-state index contributed by atoms with van der Waals surface area (Å²) >= 11 is 0. The van der Waals surface area contributed by atoms with E-state index in [2.05, 4.69) is 15.2 Å². The highest BCUT2D eigenvalue weighted by Gasteiger charge is 2.47. The van der Waals surface area contributed by atoms with E-state index in [4.69, 9.17) is 4.42 Å². The third-order valence-electron chi connectivity index (χ3n) is 7.80. The van der Waals surface area contributed by atoms with E-state index in [0.717, 1.165) is 44.6 Å². The van der Waals surface area contributed by atoms with Crippen LogP contribution in [0.25, 0.3) is 0 Å². The van der Waals surface area contributed by atoms with E-state index in [1.54, 1.807) is 23.2 Å². The molecule has 3 fully saturated rings. The number of nitrogens with zero attached hydrogens (tertiary/aromatic N) is 4. The second-order valence-electron chi connectivity index (χ2n) is 10.0. The predicted octanol–water partition coefficient (Wildman–Crippen LogP) is 2.55. The lowest BCUT2D eigenvalue weighted by Gasteiger charge is -2.36. The van der Waals surface area contributed by atoms with Gasteiger partial charge in [-0.05, 0) is 49.9 Å². The third kappa shape index (κ3) is 5.24. The average Bonchev–Trinajstić information content (AvgIpc) is 3.60. The molecular weight excluding hydrogens is 458 g/mol. The van der Waals surface area contributed by atoms with Crippen LogP contribution >= 0.6 is 0 Å². The van der Waals surface area contributed by atoms with Crippen molar-refractivity contribution in [3.8, 4) is 0 Å². The number of nitrogens with one attached hydrogen (secondary N) is 1. The molecule has 2 aromatic heterocycles. The fourth-order valence-corrected chi connectivity index (χ4v) is 5.86. The zero-order chi connectivity index (χ0) is 24.9. The summed E-state index contributed by atoms with van der Waals surface area (Å²) in [6, 6.07) is 8.91. The number of hydrogen-bond donors (Lipinski definition) is 1. The molecule has 4 heterocycles. The van der Waals surface area contributed by atoms with Crippen LogP contribution in [0.5, 0.6) is 0 Å². The minimum atomic E-state index is -0.397. The van der Waals surface area contributed by atoms with Crippen molar-refractivity contribution in [1.29, 1.82) is 0 Å². The van der Waals surface area contributed by atoms with Crippen molar-refractivity contribution < 1.29 is 18.8 Å². The minimum Gasteiger partial charge on any atom is -0.459 e. The first-order chi connectivity index (χ1) is 17.6. The molecule has 9 nitrogen and oxygen atoms in total. The first kappa shape index (κ1) is 24.3. The van der Waals surface area contributed by atoms with Crippen LogP contribution in [0.3, 0.4) is 0 Å². The predicted molar refractivity (Wildman–Crippen MR) is 134 cm³/mol. The van der Waals surface area contributed by atoms with Crippen LogP contribution in [-0.4, -0.2) is 77.8 Å². The van der Waals surface area contributed by atoms with Gasteiger partial charge in [0.05, 0.1) is 12.2 Å². The molecule has 1 aliphatic carbocycles. The molecule has 0 radical (unpaired) electrons. The normalized spacial score (nSPS) is 25.6. The van der Waals surface area contributed by atoms with Crippen LogP contribution in [0.2, 0.25) is 0 Å². The van der Waals surface area contributed by atoms with Crippen molar-refractivity contribution in [3.63, 3.8) is 0 Å². The molecule has 3 aliphatic rings. The van der Waals surface area contributed by atoms with Crippen molar-refractivity contribution in [2.45, 2.75) is 44.6 Å². The number of hydrogen-bond acceptors (Lipinski definition) is 6. The number of piperazine rings is 1. The second kappa shape index (κ2) is 11.1. The highest BCUT2D eigenvalue weighted by atomic mass is 16.3. The van der Waals surface area contributed by atoms with E-state index in [9.17, 15) is 14.4 Å². The zero-order valence-corrected chi connectivity index (χ0v) is 20.7.